The first-order valence-corrected chi connectivity index (χ1v) is 4.37. The standard InChI is InChI=1S/C8H11NO8.H3N.H2O/c10-5(11)1-9(2-6(12)13,3-7(14)15)4-8(16)17;;/h1-4H2,(H3-,10,11,12,13,14,15,16,17);1H3;1H2. The van der Waals surface area contributed by atoms with Gasteiger partial charge in [0.2, 0.25) is 0 Å². The minimum Gasteiger partial charge on any atom is -0.544 e. The van der Waals surface area contributed by atoms with Crippen LogP contribution in [0.4, 0.5) is 0 Å². The number of aliphatic carboxylic acids is 4. The van der Waals surface area contributed by atoms with Crippen LogP contribution in [-0.2, 0) is 19.2 Å². The van der Waals surface area contributed by atoms with Gasteiger partial charge in [-0.05, 0) is 0 Å². The lowest BCUT2D eigenvalue weighted by atomic mass is 10.3. The molecule has 0 saturated carbocycles. The first-order valence-electron chi connectivity index (χ1n) is 4.37. The zero-order chi connectivity index (χ0) is 13.6. The summed E-state index contributed by atoms with van der Waals surface area (Å²) in [5, 5.41) is 36.2. The van der Waals surface area contributed by atoms with Gasteiger partial charge < -0.3 is 36.8 Å². The molecule has 0 aromatic rings. The van der Waals surface area contributed by atoms with Crippen molar-refractivity contribution in [2.75, 3.05) is 26.2 Å². The van der Waals surface area contributed by atoms with Gasteiger partial charge in [0.15, 0.2) is 19.6 Å². The third kappa shape index (κ3) is 9.46. The van der Waals surface area contributed by atoms with Crippen LogP contribution < -0.4 is 11.3 Å². The number of hydrogen-bond donors (Lipinski definition) is 4. The molecule has 0 aromatic heterocycles. The molecule has 0 saturated heterocycles. The van der Waals surface area contributed by atoms with Crippen LogP contribution in [0, 0.1) is 0 Å². The van der Waals surface area contributed by atoms with Crippen molar-refractivity contribution in [3.8, 4) is 0 Å². The second kappa shape index (κ2) is 8.79. The Morgan fingerprint density at radius 3 is 1.21 bits per heavy atom. The molecule has 0 aliphatic heterocycles. The van der Waals surface area contributed by atoms with Crippen LogP contribution in [0.15, 0.2) is 0 Å². The van der Waals surface area contributed by atoms with Gasteiger partial charge in [-0.2, -0.15) is 0 Å². The van der Waals surface area contributed by atoms with E-state index in [-0.39, 0.29) is 11.6 Å². The van der Waals surface area contributed by atoms with E-state index in [0.29, 0.717) is 0 Å². The second-order valence-corrected chi connectivity index (χ2v) is 3.53. The monoisotopic (exact) mass is 284 g/mol. The van der Waals surface area contributed by atoms with E-state index in [9.17, 15) is 24.3 Å². The van der Waals surface area contributed by atoms with Gasteiger partial charge in [0.05, 0.1) is 5.97 Å². The number of nitrogens with zero attached hydrogens (tertiary/aromatic N) is 1. The number of carboxylic acid groups (broad SMARTS) is 4. The quantitative estimate of drug-likeness (QED) is 0.320. The van der Waals surface area contributed by atoms with Crippen LogP contribution in [0.1, 0.15) is 0 Å². The predicted octanol–water partition coefficient (Wildman–Crippen LogP) is -3.86. The van der Waals surface area contributed by atoms with Crippen LogP contribution in [-0.4, -0.2) is 75.3 Å². The summed E-state index contributed by atoms with van der Waals surface area (Å²) in [5.74, 6) is -6.19. The Morgan fingerprint density at radius 2 is 1.05 bits per heavy atom. The molecule has 19 heavy (non-hydrogen) atoms. The molecule has 11 heteroatoms. The van der Waals surface area contributed by atoms with Gasteiger partial charge in [0.25, 0.3) is 0 Å². The highest BCUT2D eigenvalue weighted by atomic mass is 16.4. The molecule has 0 unspecified atom stereocenters. The highest BCUT2D eigenvalue weighted by molar-refractivity contribution is 5.74. The highest BCUT2D eigenvalue weighted by Gasteiger charge is 2.36. The fourth-order valence-electron chi connectivity index (χ4n) is 1.47. The zero-order valence-electron chi connectivity index (χ0n) is 9.87. The van der Waals surface area contributed by atoms with Gasteiger partial charge in [-0.15, -0.1) is 0 Å². The van der Waals surface area contributed by atoms with E-state index in [1.54, 1.807) is 0 Å². The third-order valence-corrected chi connectivity index (χ3v) is 1.88. The first-order chi connectivity index (χ1) is 7.67. The van der Waals surface area contributed by atoms with E-state index in [0.717, 1.165) is 0 Å². The number of carboxylic acids is 4. The minimum atomic E-state index is -1.71. The Labute approximate surface area is 107 Å². The number of carbonyl (C=O) groups is 4. The van der Waals surface area contributed by atoms with Crippen molar-refractivity contribution >= 4 is 23.9 Å². The summed E-state index contributed by atoms with van der Waals surface area (Å²) >= 11 is 0. The molecule has 0 atom stereocenters. The van der Waals surface area contributed by atoms with Crippen LogP contribution in [0.5, 0.6) is 0 Å². The van der Waals surface area contributed by atoms with Crippen LogP contribution >= 0.6 is 0 Å². The van der Waals surface area contributed by atoms with Crippen LogP contribution in [0.3, 0.4) is 0 Å². The van der Waals surface area contributed by atoms with E-state index in [1.807, 2.05) is 0 Å². The van der Waals surface area contributed by atoms with Crippen LogP contribution in [0.2, 0.25) is 0 Å². The van der Waals surface area contributed by atoms with Gasteiger partial charge in [0.1, 0.15) is 6.54 Å². The SMILES string of the molecule is N.O.O=C([O-])C[N+](CC(=O)O)(CC(=O)O)CC(=O)O. The maximum atomic E-state index is 10.5. The summed E-state index contributed by atoms with van der Waals surface area (Å²) < 4.78 is -1.14. The number of rotatable bonds is 8. The molecule has 0 radical (unpaired) electrons. The van der Waals surface area contributed by atoms with E-state index in [1.165, 1.54) is 0 Å². The van der Waals surface area contributed by atoms with Gasteiger partial charge in [-0.3, -0.25) is 4.48 Å². The number of carbonyl (C=O) groups excluding carboxylic acids is 1. The Kier molecular flexibility index (Phi) is 10.2. The average Bonchev–Trinajstić information content (AvgIpc) is 1.95. The van der Waals surface area contributed by atoms with Gasteiger partial charge in [-0.1, -0.05) is 0 Å². The molecule has 0 aromatic carbocycles. The highest BCUT2D eigenvalue weighted by Crippen LogP contribution is 2.06. The lowest BCUT2D eigenvalue weighted by Crippen LogP contribution is -2.60. The molecular formula is C8H16N2O9. The Morgan fingerprint density at radius 1 is 0.789 bits per heavy atom. The summed E-state index contributed by atoms with van der Waals surface area (Å²) in [6, 6.07) is 0. The lowest BCUT2D eigenvalue weighted by molar-refractivity contribution is -0.902. The van der Waals surface area contributed by atoms with Crippen molar-refractivity contribution in [2.24, 2.45) is 0 Å². The molecule has 8 N–H and O–H groups in total. The molecule has 0 heterocycles. The maximum Gasteiger partial charge on any atom is 0.359 e. The first kappa shape index (κ1) is 22.0. The zero-order valence-corrected chi connectivity index (χ0v) is 9.87. The molecule has 0 fully saturated rings. The van der Waals surface area contributed by atoms with Crippen molar-refractivity contribution in [3.05, 3.63) is 0 Å². The molecule has 0 aliphatic carbocycles. The van der Waals surface area contributed by atoms with E-state index < -0.39 is 54.5 Å². The summed E-state index contributed by atoms with van der Waals surface area (Å²) in [7, 11) is 0. The van der Waals surface area contributed by atoms with Crippen molar-refractivity contribution in [2.45, 2.75) is 0 Å². The van der Waals surface area contributed by atoms with Crippen molar-refractivity contribution < 1.29 is 49.6 Å². The molecule has 0 rings (SSSR count). The molecule has 0 amide bonds. The smallest absolute Gasteiger partial charge is 0.359 e. The normalized spacial score (nSPS) is 9.68. The van der Waals surface area contributed by atoms with Crippen LogP contribution in [0.25, 0.3) is 0 Å². The van der Waals surface area contributed by atoms with Gasteiger partial charge in [0, 0.05) is 0 Å². The summed E-state index contributed by atoms with van der Waals surface area (Å²) in [6.07, 6.45) is 0. The Hall–Kier alpha value is -2.24. The summed E-state index contributed by atoms with van der Waals surface area (Å²) in [6.45, 7) is -3.77. The Bertz CT molecular complexity index is 285. The molecule has 11 nitrogen and oxygen atoms in total. The fraction of sp³-hybridized carbons (Fsp3) is 0.500. The molecule has 0 spiro atoms. The third-order valence-electron chi connectivity index (χ3n) is 1.88. The predicted molar refractivity (Wildman–Crippen MR) is 56.3 cm³/mol. The molecule has 0 bridgehead atoms. The largest absolute Gasteiger partial charge is 0.544 e. The van der Waals surface area contributed by atoms with Crippen molar-refractivity contribution in [1.82, 2.24) is 6.15 Å². The maximum absolute atomic E-state index is 10.5. The van der Waals surface area contributed by atoms with Crippen molar-refractivity contribution in [1.29, 1.82) is 0 Å². The molecule has 112 valence electrons. The fourth-order valence-corrected chi connectivity index (χ4v) is 1.47. The van der Waals surface area contributed by atoms with Gasteiger partial charge in [-0.25, -0.2) is 14.4 Å². The van der Waals surface area contributed by atoms with E-state index >= 15 is 0 Å². The average molecular weight is 284 g/mol. The lowest BCUT2D eigenvalue weighted by Gasteiger charge is -2.34. The van der Waals surface area contributed by atoms with E-state index in [2.05, 4.69) is 0 Å². The minimum absolute atomic E-state index is 0. The molecular weight excluding hydrogens is 268 g/mol. The van der Waals surface area contributed by atoms with E-state index in [4.69, 9.17) is 15.3 Å². The summed E-state index contributed by atoms with van der Waals surface area (Å²) in [5.41, 5.74) is 0. The second-order valence-electron chi connectivity index (χ2n) is 3.53. The molecule has 0 aliphatic rings. The van der Waals surface area contributed by atoms with Gasteiger partial charge >= 0.3 is 17.9 Å². The number of hydrogen-bond acceptors (Lipinski definition) is 6. The van der Waals surface area contributed by atoms with Crippen molar-refractivity contribution in [3.63, 3.8) is 0 Å². The summed E-state index contributed by atoms with van der Waals surface area (Å²) in [4.78, 5) is 42.1. The Balaban J connectivity index is -0.00000128. The number of quaternary nitrogens is 1. The topological polar surface area (TPSA) is 219 Å².